The summed E-state index contributed by atoms with van der Waals surface area (Å²) in [6, 6.07) is 10.9. The SMILES string of the molecule is CC(C#N)(NC(=O)c1ccc(C(F)(F)F)cc1)C1Cc2cc(Cl)ccc2O1. The number of benzene rings is 2. The van der Waals surface area contributed by atoms with Crippen molar-refractivity contribution in [2.24, 2.45) is 0 Å². The van der Waals surface area contributed by atoms with Crippen LogP contribution in [0, 0.1) is 11.3 Å². The topological polar surface area (TPSA) is 62.1 Å². The van der Waals surface area contributed by atoms with Crippen molar-refractivity contribution in [2.75, 3.05) is 0 Å². The van der Waals surface area contributed by atoms with E-state index in [1.807, 2.05) is 6.07 Å². The first-order valence-corrected chi connectivity index (χ1v) is 8.36. The lowest BCUT2D eigenvalue weighted by Gasteiger charge is -2.29. The van der Waals surface area contributed by atoms with Gasteiger partial charge >= 0.3 is 6.18 Å². The first-order valence-electron chi connectivity index (χ1n) is 7.98. The summed E-state index contributed by atoms with van der Waals surface area (Å²) in [5, 5.41) is 12.7. The number of amides is 1. The van der Waals surface area contributed by atoms with Crippen molar-refractivity contribution >= 4 is 17.5 Å². The van der Waals surface area contributed by atoms with Gasteiger partial charge in [-0.2, -0.15) is 18.4 Å². The highest BCUT2D eigenvalue weighted by atomic mass is 35.5. The number of ether oxygens (including phenoxy) is 1. The van der Waals surface area contributed by atoms with Gasteiger partial charge in [0.2, 0.25) is 0 Å². The van der Waals surface area contributed by atoms with Crippen LogP contribution in [0.2, 0.25) is 5.02 Å². The average molecular weight is 395 g/mol. The Bertz CT molecular complexity index is 922. The van der Waals surface area contributed by atoms with Gasteiger partial charge in [-0.05, 0) is 55.0 Å². The van der Waals surface area contributed by atoms with Crippen LogP contribution in [0.3, 0.4) is 0 Å². The Hall–Kier alpha value is -2.72. The molecule has 0 saturated carbocycles. The molecular weight excluding hydrogens is 381 g/mol. The van der Waals surface area contributed by atoms with Gasteiger partial charge in [0.15, 0.2) is 5.54 Å². The minimum atomic E-state index is -4.49. The quantitative estimate of drug-likeness (QED) is 0.840. The molecule has 0 aliphatic carbocycles. The summed E-state index contributed by atoms with van der Waals surface area (Å²) in [6.07, 6.45) is -4.77. The number of hydrogen-bond donors (Lipinski definition) is 1. The van der Waals surface area contributed by atoms with Gasteiger partial charge in [0.05, 0.1) is 11.6 Å². The summed E-state index contributed by atoms with van der Waals surface area (Å²) < 4.78 is 43.7. The monoisotopic (exact) mass is 394 g/mol. The molecule has 2 atom stereocenters. The van der Waals surface area contributed by atoms with Gasteiger partial charge in [-0.15, -0.1) is 0 Å². The molecule has 2 aromatic rings. The maximum absolute atomic E-state index is 12.6. The molecule has 1 N–H and O–H groups in total. The Morgan fingerprint density at radius 1 is 1.26 bits per heavy atom. The molecule has 0 fully saturated rings. The zero-order chi connectivity index (χ0) is 19.8. The summed E-state index contributed by atoms with van der Waals surface area (Å²) in [7, 11) is 0. The fourth-order valence-electron chi connectivity index (χ4n) is 2.84. The van der Waals surface area contributed by atoms with E-state index in [1.165, 1.54) is 6.92 Å². The van der Waals surface area contributed by atoms with Crippen LogP contribution in [-0.4, -0.2) is 17.6 Å². The van der Waals surface area contributed by atoms with Crippen molar-refractivity contribution in [1.82, 2.24) is 5.32 Å². The molecule has 3 rings (SSSR count). The van der Waals surface area contributed by atoms with Gasteiger partial charge in [-0.25, -0.2) is 0 Å². The van der Waals surface area contributed by atoms with E-state index in [-0.39, 0.29) is 5.56 Å². The highest BCUT2D eigenvalue weighted by molar-refractivity contribution is 6.30. The summed E-state index contributed by atoms with van der Waals surface area (Å²) in [4.78, 5) is 12.4. The molecule has 2 aromatic carbocycles. The fraction of sp³-hybridized carbons (Fsp3) is 0.263. The van der Waals surface area contributed by atoms with Crippen molar-refractivity contribution in [3.05, 3.63) is 64.2 Å². The Kier molecular flexibility index (Phi) is 4.79. The van der Waals surface area contributed by atoms with Crippen LogP contribution in [0.4, 0.5) is 13.2 Å². The van der Waals surface area contributed by atoms with E-state index in [4.69, 9.17) is 16.3 Å². The van der Waals surface area contributed by atoms with E-state index in [1.54, 1.807) is 18.2 Å². The molecule has 0 spiro atoms. The summed E-state index contributed by atoms with van der Waals surface area (Å²) in [5.74, 6) is -0.0833. The lowest BCUT2D eigenvalue weighted by Crippen LogP contribution is -2.55. The lowest BCUT2D eigenvalue weighted by atomic mass is 9.92. The van der Waals surface area contributed by atoms with Crippen molar-refractivity contribution in [2.45, 2.75) is 31.2 Å². The number of rotatable bonds is 3. The van der Waals surface area contributed by atoms with E-state index in [9.17, 15) is 23.2 Å². The number of carbonyl (C=O) groups is 1. The highest BCUT2D eigenvalue weighted by Crippen LogP contribution is 2.35. The first-order chi connectivity index (χ1) is 12.6. The summed E-state index contributed by atoms with van der Waals surface area (Å²) in [6.45, 7) is 1.51. The molecule has 0 saturated heterocycles. The molecule has 27 heavy (non-hydrogen) atoms. The van der Waals surface area contributed by atoms with Crippen LogP contribution in [-0.2, 0) is 12.6 Å². The van der Waals surface area contributed by atoms with Crippen LogP contribution in [0.1, 0.15) is 28.4 Å². The third kappa shape index (κ3) is 3.86. The summed E-state index contributed by atoms with van der Waals surface area (Å²) in [5.41, 5.74) is -1.40. The second-order valence-electron chi connectivity index (χ2n) is 6.41. The van der Waals surface area contributed by atoms with Crippen molar-refractivity contribution in [3.8, 4) is 11.8 Å². The second-order valence-corrected chi connectivity index (χ2v) is 6.84. The molecule has 1 heterocycles. The molecule has 4 nitrogen and oxygen atoms in total. The van der Waals surface area contributed by atoms with Crippen molar-refractivity contribution in [1.29, 1.82) is 5.26 Å². The highest BCUT2D eigenvalue weighted by Gasteiger charge is 2.42. The second kappa shape index (κ2) is 6.78. The van der Waals surface area contributed by atoms with E-state index in [2.05, 4.69) is 5.32 Å². The van der Waals surface area contributed by atoms with Gasteiger partial charge in [0.1, 0.15) is 11.9 Å². The predicted octanol–water partition coefficient (Wildman–Crippen LogP) is 4.37. The smallest absolute Gasteiger partial charge is 0.416 e. The van der Waals surface area contributed by atoms with Crippen LogP contribution in [0.15, 0.2) is 42.5 Å². The molecule has 0 bridgehead atoms. The van der Waals surface area contributed by atoms with Crippen LogP contribution >= 0.6 is 11.6 Å². The Morgan fingerprint density at radius 3 is 2.52 bits per heavy atom. The Labute approximate surface area is 158 Å². The molecule has 1 amide bonds. The summed E-state index contributed by atoms with van der Waals surface area (Å²) >= 11 is 5.96. The molecule has 2 unspecified atom stereocenters. The minimum absolute atomic E-state index is 0.0167. The van der Waals surface area contributed by atoms with E-state index in [0.29, 0.717) is 17.2 Å². The zero-order valence-corrected chi connectivity index (χ0v) is 14.9. The largest absolute Gasteiger partial charge is 0.486 e. The van der Waals surface area contributed by atoms with E-state index < -0.39 is 29.3 Å². The molecule has 0 radical (unpaired) electrons. The Morgan fingerprint density at radius 2 is 1.93 bits per heavy atom. The van der Waals surface area contributed by atoms with Crippen molar-refractivity contribution < 1.29 is 22.7 Å². The van der Waals surface area contributed by atoms with Gasteiger partial charge in [-0.3, -0.25) is 4.79 Å². The maximum Gasteiger partial charge on any atom is 0.416 e. The number of hydrogen-bond acceptors (Lipinski definition) is 3. The molecule has 1 aliphatic rings. The standard InChI is InChI=1S/C19H14ClF3N2O2/c1-18(10-24,16-9-12-8-14(20)6-7-15(12)27-16)25-17(26)11-2-4-13(5-3-11)19(21,22)23/h2-8,16H,9H2,1H3,(H,25,26). The zero-order valence-electron chi connectivity index (χ0n) is 14.1. The van der Waals surface area contributed by atoms with Crippen LogP contribution in [0.25, 0.3) is 0 Å². The lowest BCUT2D eigenvalue weighted by molar-refractivity contribution is -0.137. The number of carbonyl (C=O) groups excluding carboxylic acids is 1. The van der Waals surface area contributed by atoms with Crippen molar-refractivity contribution in [3.63, 3.8) is 0 Å². The molecule has 8 heteroatoms. The number of halogens is 4. The third-order valence-electron chi connectivity index (χ3n) is 4.42. The molecule has 1 aliphatic heterocycles. The van der Waals surface area contributed by atoms with Crippen LogP contribution in [0.5, 0.6) is 5.75 Å². The number of nitrogens with zero attached hydrogens (tertiary/aromatic N) is 1. The number of nitrogens with one attached hydrogen (secondary N) is 1. The van der Waals surface area contributed by atoms with Gasteiger partial charge in [0.25, 0.3) is 5.91 Å². The number of nitriles is 1. The normalized spacial score (nSPS) is 18.0. The molecule has 140 valence electrons. The average Bonchev–Trinajstić information content (AvgIpc) is 3.04. The maximum atomic E-state index is 12.6. The van der Waals surface area contributed by atoms with E-state index >= 15 is 0 Å². The molecule has 0 aromatic heterocycles. The van der Waals surface area contributed by atoms with Gasteiger partial charge < -0.3 is 10.1 Å². The minimum Gasteiger partial charge on any atom is -0.486 e. The number of alkyl halides is 3. The number of fused-ring (bicyclic) bond motifs is 1. The first kappa shape index (κ1) is 19.1. The van der Waals surface area contributed by atoms with Crippen LogP contribution < -0.4 is 10.1 Å². The van der Waals surface area contributed by atoms with Gasteiger partial charge in [0, 0.05) is 17.0 Å². The third-order valence-corrected chi connectivity index (χ3v) is 4.66. The van der Waals surface area contributed by atoms with E-state index in [0.717, 1.165) is 29.8 Å². The fourth-order valence-corrected chi connectivity index (χ4v) is 3.03. The predicted molar refractivity (Wildman–Crippen MR) is 92.5 cm³/mol. The van der Waals surface area contributed by atoms with Gasteiger partial charge in [-0.1, -0.05) is 11.6 Å². The molecular formula is C19H14ClF3N2O2. The Balaban J connectivity index is 1.76.